The van der Waals surface area contributed by atoms with Crippen LogP contribution in [0.15, 0.2) is 35.1 Å². The number of carbonyl (C=O) groups excluding carboxylic acids is 1. The van der Waals surface area contributed by atoms with E-state index in [1.807, 2.05) is 32.0 Å². The summed E-state index contributed by atoms with van der Waals surface area (Å²) >= 11 is 0. The Morgan fingerprint density at radius 2 is 2.00 bits per heavy atom. The summed E-state index contributed by atoms with van der Waals surface area (Å²) in [5, 5.41) is 7.12. The summed E-state index contributed by atoms with van der Waals surface area (Å²) in [5.74, 6) is 0.0782. The van der Waals surface area contributed by atoms with Crippen LogP contribution < -0.4 is 15.6 Å². The molecule has 0 saturated heterocycles. The van der Waals surface area contributed by atoms with Crippen molar-refractivity contribution in [1.29, 1.82) is 0 Å². The van der Waals surface area contributed by atoms with Crippen molar-refractivity contribution in [2.75, 3.05) is 0 Å². The molecule has 2 aromatic rings. The molecule has 1 atom stereocenters. The molecular weight excluding hydrogens is 306 g/mol. The summed E-state index contributed by atoms with van der Waals surface area (Å²) in [6, 6.07) is 8.84. The molecule has 6 nitrogen and oxygen atoms in total. The summed E-state index contributed by atoms with van der Waals surface area (Å²) < 4.78 is 6.88. The maximum Gasteiger partial charge on any atom is 0.271 e. The smallest absolute Gasteiger partial charge is 0.271 e. The molecule has 24 heavy (non-hydrogen) atoms. The van der Waals surface area contributed by atoms with E-state index in [0.29, 0.717) is 5.69 Å². The van der Waals surface area contributed by atoms with Crippen molar-refractivity contribution in [1.82, 2.24) is 15.1 Å². The Kier molecular flexibility index (Phi) is 4.38. The molecule has 0 aliphatic heterocycles. The first-order valence-electron chi connectivity index (χ1n) is 8.09. The number of hydrogen-bond acceptors (Lipinski definition) is 4. The normalized spacial score (nSPS) is 15.0. The van der Waals surface area contributed by atoms with Gasteiger partial charge in [0.25, 0.3) is 11.5 Å². The van der Waals surface area contributed by atoms with Gasteiger partial charge in [-0.2, -0.15) is 4.68 Å². The monoisotopic (exact) mass is 327 g/mol. The summed E-state index contributed by atoms with van der Waals surface area (Å²) in [5.41, 5.74) is 2.64. The number of amides is 1. The first-order valence-corrected chi connectivity index (χ1v) is 8.09. The van der Waals surface area contributed by atoms with Crippen molar-refractivity contribution >= 4 is 5.91 Å². The molecular formula is C18H21N3O3. The van der Waals surface area contributed by atoms with Crippen LogP contribution in [0.4, 0.5) is 0 Å². The SMILES string of the molecule is Cc1ccc(-n2nc(OC(C)C(=O)NC3CC3)ccc2=O)cc1C. The second kappa shape index (κ2) is 6.47. The number of nitrogens with zero attached hydrogens (tertiary/aromatic N) is 2. The molecule has 1 aromatic heterocycles. The van der Waals surface area contributed by atoms with E-state index in [0.717, 1.165) is 24.0 Å². The number of aryl methyl sites for hydroxylation is 2. The molecule has 1 aromatic carbocycles. The Morgan fingerprint density at radius 3 is 2.67 bits per heavy atom. The van der Waals surface area contributed by atoms with E-state index < -0.39 is 6.10 Å². The predicted molar refractivity (Wildman–Crippen MR) is 90.6 cm³/mol. The zero-order valence-corrected chi connectivity index (χ0v) is 14.1. The minimum Gasteiger partial charge on any atom is -0.464 e. The average Bonchev–Trinajstić information content (AvgIpc) is 3.36. The number of rotatable bonds is 5. The number of benzene rings is 1. The Morgan fingerprint density at radius 1 is 1.25 bits per heavy atom. The van der Waals surface area contributed by atoms with E-state index in [4.69, 9.17) is 4.74 Å². The van der Waals surface area contributed by atoms with E-state index in [1.54, 1.807) is 6.92 Å². The predicted octanol–water partition coefficient (Wildman–Crippen LogP) is 1.90. The Hall–Kier alpha value is -2.63. The third-order valence-corrected chi connectivity index (χ3v) is 4.10. The Balaban J connectivity index is 1.81. The summed E-state index contributed by atoms with van der Waals surface area (Å²) in [4.78, 5) is 24.1. The molecule has 1 heterocycles. The summed E-state index contributed by atoms with van der Waals surface area (Å²) in [6.45, 7) is 5.66. The molecule has 0 bridgehead atoms. The quantitative estimate of drug-likeness (QED) is 0.910. The summed E-state index contributed by atoms with van der Waals surface area (Å²) in [6.07, 6.45) is 1.38. The van der Waals surface area contributed by atoms with Crippen molar-refractivity contribution in [3.8, 4) is 11.6 Å². The highest BCUT2D eigenvalue weighted by Crippen LogP contribution is 2.19. The van der Waals surface area contributed by atoms with Gasteiger partial charge in [0.15, 0.2) is 6.10 Å². The lowest BCUT2D eigenvalue weighted by Crippen LogP contribution is -2.38. The van der Waals surface area contributed by atoms with Gasteiger partial charge in [0.2, 0.25) is 5.88 Å². The molecule has 1 fully saturated rings. The number of nitrogens with one attached hydrogen (secondary N) is 1. The maximum atomic E-state index is 12.1. The fourth-order valence-corrected chi connectivity index (χ4v) is 2.28. The van der Waals surface area contributed by atoms with Gasteiger partial charge in [-0.3, -0.25) is 9.59 Å². The first-order chi connectivity index (χ1) is 11.4. The van der Waals surface area contributed by atoms with E-state index in [2.05, 4.69) is 10.4 Å². The van der Waals surface area contributed by atoms with Crippen molar-refractivity contribution in [2.45, 2.75) is 45.8 Å². The lowest BCUT2D eigenvalue weighted by atomic mass is 10.1. The van der Waals surface area contributed by atoms with Crippen LogP contribution in [0.25, 0.3) is 5.69 Å². The zero-order valence-electron chi connectivity index (χ0n) is 14.1. The van der Waals surface area contributed by atoms with Crippen LogP contribution in [0, 0.1) is 13.8 Å². The van der Waals surface area contributed by atoms with Crippen LogP contribution >= 0.6 is 0 Å². The number of carbonyl (C=O) groups is 1. The molecule has 1 aliphatic rings. The second-order valence-corrected chi connectivity index (χ2v) is 6.23. The van der Waals surface area contributed by atoms with Crippen LogP contribution in [-0.4, -0.2) is 27.8 Å². The van der Waals surface area contributed by atoms with Gasteiger partial charge in [-0.05, 0) is 56.9 Å². The van der Waals surface area contributed by atoms with E-state index in [1.165, 1.54) is 16.8 Å². The van der Waals surface area contributed by atoms with Gasteiger partial charge in [-0.25, -0.2) is 0 Å². The maximum absolute atomic E-state index is 12.1. The number of hydrogen-bond donors (Lipinski definition) is 1. The molecule has 1 unspecified atom stereocenters. The van der Waals surface area contributed by atoms with Crippen LogP contribution in [0.5, 0.6) is 5.88 Å². The molecule has 3 rings (SSSR count). The van der Waals surface area contributed by atoms with E-state index in [9.17, 15) is 9.59 Å². The summed E-state index contributed by atoms with van der Waals surface area (Å²) in [7, 11) is 0. The van der Waals surface area contributed by atoms with Gasteiger partial charge in [-0.15, -0.1) is 5.10 Å². The van der Waals surface area contributed by atoms with Gasteiger partial charge in [0.05, 0.1) is 5.69 Å². The fraction of sp³-hybridized carbons (Fsp3) is 0.389. The highest BCUT2D eigenvalue weighted by atomic mass is 16.5. The van der Waals surface area contributed by atoms with Crippen LogP contribution in [0.1, 0.15) is 30.9 Å². The topological polar surface area (TPSA) is 73.2 Å². The van der Waals surface area contributed by atoms with Gasteiger partial charge in [0.1, 0.15) is 0 Å². The average molecular weight is 327 g/mol. The van der Waals surface area contributed by atoms with Crippen molar-refractivity contribution in [3.05, 3.63) is 51.8 Å². The van der Waals surface area contributed by atoms with Gasteiger partial charge in [0, 0.05) is 18.2 Å². The van der Waals surface area contributed by atoms with Gasteiger partial charge < -0.3 is 10.1 Å². The van der Waals surface area contributed by atoms with Gasteiger partial charge >= 0.3 is 0 Å². The standard InChI is InChI=1S/C18H21N3O3/c1-11-4-7-15(10-12(11)2)21-17(22)9-8-16(20-21)24-13(3)18(23)19-14-5-6-14/h4,7-10,13-14H,5-6H2,1-3H3,(H,19,23). The minimum absolute atomic E-state index is 0.164. The second-order valence-electron chi connectivity index (χ2n) is 6.23. The number of ether oxygens (including phenoxy) is 1. The third-order valence-electron chi connectivity index (χ3n) is 4.10. The third kappa shape index (κ3) is 3.64. The fourth-order valence-electron chi connectivity index (χ4n) is 2.28. The highest BCUT2D eigenvalue weighted by molar-refractivity contribution is 5.81. The molecule has 0 spiro atoms. The molecule has 126 valence electrons. The van der Waals surface area contributed by atoms with Crippen LogP contribution in [-0.2, 0) is 4.79 Å². The Labute approximate surface area is 140 Å². The number of aromatic nitrogens is 2. The molecule has 1 saturated carbocycles. The molecule has 1 aliphatic carbocycles. The molecule has 1 amide bonds. The molecule has 0 radical (unpaired) electrons. The largest absolute Gasteiger partial charge is 0.464 e. The minimum atomic E-state index is -0.663. The van der Waals surface area contributed by atoms with E-state index in [-0.39, 0.29) is 23.4 Å². The van der Waals surface area contributed by atoms with Crippen molar-refractivity contribution < 1.29 is 9.53 Å². The van der Waals surface area contributed by atoms with Crippen LogP contribution in [0.3, 0.4) is 0 Å². The zero-order chi connectivity index (χ0) is 17.3. The Bertz CT molecular complexity index is 824. The lowest BCUT2D eigenvalue weighted by molar-refractivity contribution is -0.127. The van der Waals surface area contributed by atoms with Crippen molar-refractivity contribution in [2.24, 2.45) is 0 Å². The molecule has 1 N–H and O–H groups in total. The van der Waals surface area contributed by atoms with Crippen molar-refractivity contribution in [3.63, 3.8) is 0 Å². The first kappa shape index (κ1) is 16.2. The van der Waals surface area contributed by atoms with Crippen LogP contribution in [0.2, 0.25) is 0 Å². The molecule has 6 heteroatoms. The van der Waals surface area contributed by atoms with E-state index >= 15 is 0 Å². The van der Waals surface area contributed by atoms with Gasteiger partial charge in [-0.1, -0.05) is 6.07 Å². The lowest BCUT2D eigenvalue weighted by Gasteiger charge is -2.14. The highest BCUT2D eigenvalue weighted by Gasteiger charge is 2.26.